The SMILES string of the molecule is CCNC(=O)[C@H]1CC(=O)[C@@]2(C)CC[C@@H]3c4ccc(OCCBr)cc4CC[C@H]3[C@H]12. The second-order valence-electron chi connectivity index (χ2n) is 8.82. The Labute approximate surface area is 175 Å². The van der Waals surface area contributed by atoms with E-state index in [4.69, 9.17) is 4.74 Å². The van der Waals surface area contributed by atoms with Gasteiger partial charge in [-0.1, -0.05) is 28.9 Å². The Kier molecular flexibility index (Phi) is 5.56. The molecule has 3 aliphatic rings. The number of alkyl halides is 1. The van der Waals surface area contributed by atoms with Crippen LogP contribution in [0.3, 0.4) is 0 Å². The Balaban J connectivity index is 1.64. The second kappa shape index (κ2) is 7.81. The van der Waals surface area contributed by atoms with Crippen molar-refractivity contribution in [2.45, 2.75) is 51.9 Å². The smallest absolute Gasteiger partial charge is 0.223 e. The molecule has 1 N–H and O–H groups in total. The molecule has 0 radical (unpaired) electrons. The first kappa shape index (κ1) is 19.9. The summed E-state index contributed by atoms with van der Waals surface area (Å²) in [6.07, 6.45) is 4.42. The third-order valence-electron chi connectivity index (χ3n) is 7.46. The Hall–Kier alpha value is -1.36. The van der Waals surface area contributed by atoms with E-state index in [2.05, 4.69) is 46.4 Å². The number of ketones is 1. The van der Waals surface area contributed by atoms with Crippen LogP contribution in [0.5, 0.6) is 5.75 Å². The van der Waals surface area contributed by atoms with Gasteiger partial charge in [0.25, 0.3) is 0 Å². The third kappa shape index (κ3) is 3.20. The van der Waals surface area contributed by atoms with E-state index < -0.39 is 0 Å². The summed E-state index contributed by atoms with van der Waals surface area (Å²) in [4.78, 5) is 25.7. The van der Waals surface area contributed by atoms with Crippen LogP contribution in [0, 0.1) is 23.2 Å². The average Bonchev–Trinajstić information content (AvgIpc) is 2.97. The summed E-state index contributed by atoms with van der Waals surface area (Å²) in [7, 11) is 0. The Bertz CT molecular complexity index is 779. The van der Waals surface area contributed by atoms with Crippen molar-refractivity contribution in [1.82, 2.24) is 5.32 Å². The number of halogens is 1. The molecule has 2 saturated carbocycles. The molecule has 3 aliphatic carbocycles. The van der Waals surface area contributed by atoms with Gasteiger partial charge in [-0.3, -0.25) is 9.59 Å². The molecule has 0 saturated heterocycles. The highest BCUT2D eigenvalue weighted by atomic mass is 79.9. The van der Waals surface area contributed by atoms with Gasteiger partial charge in [-0.05, 0) is 73.6 Å². The fourth-order valence-electron chi connectivity index (χ4n) is 6.24. The molecule has 5 heteroatoms. The monoisotopic (exact) mass is 447 g/mol. The van der Waals surface area contributed by atoms with E-state index >= 15 is 0 Å². The maximum Gasteiger partial charge on any atom is 0.223 e. The fourth-order valence-corrected chi connectivity index (χ4v) is 6.41. The molecule has 1 aromatic carbocycles. The first-order chi connectivity index (χ1) is 13.5. The zero-order chi connectivity index (χ0) is 19.9. The van der Waals surface area contributed by atoms with Crippen molar-refractivity contribution in [3.63, 3.8) is 0 Å². The summed E-state index contributed by atoms with van der Waals surface area (Å²) in [5, 5.41) is 3.81. The van der Waals surface area contributed by atoms with Gasteiger partial charge in [-0.2, -0.15) is 0 Å². The molecular formula is C23H30BrNO3. The van der Waals surface area contributed by atoms with Crippen molar-refractivity contribution in [2.75, 3.05) is 18.5 Å². The van der Waals surface area contributed by atoms with E-state index in [0.717, 1.165) is 36.8 Å². The lowest BCUT2D eigenvalue weighted by Crippen LogP contribution is -2.46. The van der Waals surface area contributed by atoms with Crippen LogP contribution in [0.1, 0.15) is 56.6 Å². The number of ether oxygens (including phenoxy) is 1. The zero-order valence-electron chi connectivity index (χ0n) is 16.8. The third-order valence-corrected chi connectivity index (χ3v) is 7.78. The van der Waals surface area contributed by atoms with E-state index in [1.807, 2.05) is 6.92 Å². The minimum Gasteiger partial charge on any atom is -0.493 e. The number of hydrogen-bond donors (Lipinski definition) is 1. The number of rotatable bonds is 5. The lowest BCUT2D eigenvalue weighted by atomic mass is 9.54. The lowest BCUT2D eigenvalue weighted by molar-refractivity contribution is -0.130. The highest BCUT2D eigenvalue weighted by Crippen LogP contribution is 2.61. The first-order valence-electron chi connectivity index (χ1n) is 10.6. The van der Waals surface area contributed by atoms with E-state index in [-0.39, 0.29) is 23.2 Å². The predicted molar refractivity (Wildman–Crippen MR) is 113 cm³/mol. The van der Waals surface area contributed by atoms with Crippen LogP contribution in [0.15, 0.2) is 18.2 Å². The number of carbonyl (C=O) groups excluding carboxylic acids is 2. The second-order valence-corrected chi connectivity index (χ2v) is 9.61. The summed E-state index contributed by atoms with van der Waals surface area (Å²) in [5.41, 5.74) is 2.47. The van der Waals surface area contributed by atoms with Crippen molar-refractivity contribution in [3.05, 3.63) is 29.3 Å². The molecule has 28 heavy (non-hydrogen) atoms. The van der Waals surface area contributed by atoms with Crippen LogP contribution >= 0.6 is 15.9 Å². The number of benzene rings is 1. The minimum atomic E-state index is -0.326. The van der Waals surface area contributed by atoms with E-state index in [0.29, 0.717) is 37.2 Å². The topological polar surface area (TPSA) is 55.4 Å². The molecular weight excluding hydrogens is 418 g/mol. The molecule has 1 amide bonds. The van der Waals surface area contributed by atoms with Crippen LogP contribution in [0.25, 0.3) is 0 Å². The largest absolute Gasteiger partial charge is 0.493 e. The molecule has 0 spiro atoms. The average molecular weight is 448 g/mol. The van der Waals surface area contributed by atoms with Gasteiger partial charge in [-0.15, -0.1) is 0 Å². The molecule has 4 nitrogen and oxygen atoms in total. The number of nitrogens with one attached hydrogen (secondary N) is 1. The first-order valence-corrected chi connectivity index (χ1v) is 11.7. The Morgan fingerprint density at radius 1 is 1.36 bits per heavy atom. The molecule has 152 valence electrons. The molecule has 0 aliphatic heterocycles. The quantitative estimate of drug-likeness (QED) is 0.686. The highest BCUT2D eigenvalue weighted by Gasteiger charge is 2.60. The normalized spacial score (nSPS) is 33.6. The summed E-state index contributed by atoms with van der Waals surface area (Å²) in [6.45, 7) is 5.37. The van der Waals surface area contributed by atoms with Crippen LogP contribution in [-0.4, -0.2) is 30.2 Å². The predicted octanol–water partition coefficient (Wildman–Crippen LogP) is 4.25. The molecule has 0 unspecified atom stereocenters. The van der Waals surface area contributed by atoms with Gasteiger partial charge in [0.2, 0.25) is 5.91 Å². The number of aryl methyl sites for hydroxylation is 1. The van der Waals surface area contributed by atoms with Gasteiger partial charge in [0, 0.05) is 29.6 Å². The molecule has 0 heterocycles. The summed E-state index contributed by atoms with van der Waals surface area (Å²) in [5.74, 6) is 2.20. The Morgan fingerprint density at radius 3 is 2.93 bits per heavy atom. The van der Waals surface area contributed by atoms with Crippen molar-refractivity contribution in [3.8, 4) is 5.75 Å². The van der Waals surface area contributed by atoms with Gasteiger partial charge in [-0.25, -0.2) is 0 Å². The van der Waals surface area contributed by atoms with Gasteiger partial charge >= 0.3 is 0 Å². The summed E-state index contributed by atoms with van der Waals surface area (Å²) in [6, 6.07) is 6.51. The van der Waals surface area contributed by atoms with Gasteiger partial charge < -0.3 is 10.1 Å². The fraction of sp³-hybridized carbons (Fsp3) is 0.652. The number of carbonyl (C=O) groups is 2. The molecule has 5 atom stereocenters. The van der Waals surface area contributed by atoms with Crippen LogP contribution in [0.4, 0.5) is 0 Å². The maximum atomic E-state index is 12.9. The summed E-state index contributed by atoms with van der Waals surface area (Å²) < 4.78 is 5.79. The molecule has 1 aromatic rings. The van der Waals surface area contributed by atoms with Gasteiger partial charge in [0.1, 0.15) is 11.5 Å². The van der Waals surface area contributed by atoms with Crippen LogP contribution < -0.4 is 10.1 Å². The molecule has 4 rings (SSSR count). The standard InChI is InChI=1S/C23H30BrNO3/c1-3-25-22(27)19-13-20(26)23(2)9-8-17-16-7-5-15(28-11-10-24)12-14(16)4-6-18(17)21(19)23/h5,7,12,17-19,21H,3-4,6,8-11,13H2,1-2H3,(H,25,27)/t17-,18-,19+,21-,23-/m1/s1. The van der Waals surface area contributed by atoms with Crippen LogP contribution in [0.2, 0.25) is 0 Å². The lowest BCUT2D eigenvalue weighted by Gasteiger charge is -2.49. The van der Waals surface area contributed by atoms with Gasteiger partial charge in [0.05, 0.1) is 6.61 Å². The molecule has 0 bridgehead atoms. The summed E-state index contributed by atoms with van der Waals surface area (Å²) >= 11 is 3.41. The number of amides is 1. The van der Waals surface area contributed by atoms with Crippen molar-refractivity contribution >= 4 is 27.6 Å². The van der Waals surface area contributed by atoms with Crippen LogP contribution in [-0.2, 0) is 16.0 Å². The maximum absolute atomic E-state index is 12.9. The minimum absolute atomic E-state index is 0.0783. The molecule has 2 fully saturated rings. The highest BCUT2D eigenvalue weighted by molar-refractivity contribution is 9.09. The van der Waals surface area contributed by atoms with Crippen molar-refractivity contribution in [1.29, 1.82) is 0 Å². The van der Waals surface area contributed by atoms with Gasteiger partial charge in [0.15, 0.2) is 0 Å². The van der Waals surface area contributed by atoms with Crippen molar-refractivity contribution < 1.29 is 14.3 Å². The van der Waals surface area contributed by atoms with E-state index in [1.165, 1.54) is 11.1 Å². The van der Waals surface area contributed by atoms with Crippen molar-refractivity contribution in [2.24, 2.45) is 23.2 Å². The molecule has 0 aromatic heterocycles. The number of fused-ring (bicyclic) bond motifs is 5. The zero-order valence-corrected chi connectivity index (χ0v) is 18.4. The Morgan fingerprint density at radius 2 is 2.18 bits per heavy atom. The van der Waals surface area contributed by atoms with E-state index in [1.54, 1.807) is 0 Å². The number of Topliss-reactive ketones (excluding diaryl/α,β-unsaturated/α-hetero) is 1. The van der Waals surface area contributed by atoms with E-state index in [9.17, 15) is 9.59 Å². The number of hydrogen-bond acceptors (Lipinski definition) is 3.